The van der Waals surface area contributed by atoms with Crippen LogP contribution in [0.2, 0.25) is 0 Å². The van der Waals surface area contributed by atoms with Crippen molar-refractivity contribution in [3.05, 3.63) is 15.9 Å². The molecule has 1 atom stereocenters. The zero-order valence-electron chi connectivity index (χ0n) is 11.5. The molecule has 1 saturated heterocycles. The van der Waals surface area contributed by atoms with E-state index in [2.05, 4.69) is 45.2 Å². The second-order valence-corrected chi connectivity index (χ2v) is 6.03. The van der Waals surface area contributed by atoms with Crippen LogP contribution in [0.15, 0.2) is 4.47 Å². The van der Waals surface area contributed by atoms with Crippen LogP contribution in [0.5, 0.6) is 0 Å². The minimum absolute atomic E-state index is 0.799. The van der Waals surface area contributed by atoms with Gasteiger partial charge in [-0.05, 0) is 54.8 Å². The van der Waals surface area contributed by atoms with Crippen molar-refractivity contribution in [1.29, 1.82) is 0 Å². The van der Waals surface area contributed by atoms with E-state index >= 15 is 0 Å². The van der Waals surface area contributed by atoms with Crippen LogP contribution in [0.1, 0.15) is 24.7 Å². The SMILES string of the molecule is CCc1nn(C)c(CNCC2CCN(C)C2)c1Br. The Labute approximate surface area is 118 Å². The van der Waals surface area contributed by atoms with Crippen LogP contribution in [-0.4, -0.2) is 41.4 Å². The van der Waals surface area contributed by atoms with Gasteiger partial charge in [-0.25, -0.2) is 0 Å². The molecule has 1 unspecified atom stereocenters. The van der Waals surface area contributed by atoms with Gasteiger partial charge in [0.2, 0.25) is 0 Å². The summed E-state index contributed by atoms with van der Waals surface area (Å²) in [5.74, 6) is 0.799. The molecule has 1 aliphatic heterocycles. The molecule has 0 radical (unpaired) electrons. The second kappa shape index (κ2) is 6.17. The summed E-state index contributed by atoms with van der Waals surface area (Å²) in [6.45, 7) is 6.59. The van der Waals surface area contributed by atoms with Gasteiger partial charge in [0.25, 0.3) is 0 Å². The Morgan fingerprint density at radius 1 is 1.44 bits per heavy atom. The van der Waals surface area contributed by atoms with Crippen molar-refractivity contribution in [2.24, 2.45) is 13.0 Å². The number of nitrogens with one attached hydrogen (secondary N) is 1. The van der Waals surface area contributed by atoms with Crippen molar-refractivity contribution in [2.45, 2.75) is 26.3 Å². The monoisotopic (exact) mass is 314 g/mol. The van der Waals surface area contributed by atoms with Crippen LogP contribution >= 0.6 is 15.9 Å². The second-order valence-electron chi connectivity index (χ2n) is 5.23. The summed E-state index contributed by atoms with van der Waals surface area (Å²) in [5.41, 5.74) is 2.40. The highest BCUT2D eigenvalue weighted by atomic mass is 79.9. The highest BCUT2D eigenvalue weighted by Crippen LogP contribution is 2.21. The number of aryl methyl sites for hydroxylation is 2. The minimum atomic E-state index is 0.799. The van der Waals surface area contributed by atoms with Gasteiger partial charge >= 0.3 is 0 Å². The van der Waals surface area contributed by atoms with Gasteiger partial charge < -0.3 is 10.2 Å². The number of aromatic nitrogens is 2. The lowest BCUT2D eigenvalue weighted by Gasteiger charge is -2.12. The molecule has 1 aromatic heterocycles. The highest BCUT2D eigenvalue weighted by Gasteiger charge is 2.19. The molecule has 0 aromatic carbocycles. The molecule has 0 bridgehead atoms. The van der Waals surface area contributed by atoms with Gasteiger partial charge in [0.05, 0.1) is 15.9 Å². The molecule has 1 aliphatic rings. The van der Waals surface area contributed by atoms with Gasteiger partial charge in [0.15, 0.2) is 0 Å². The smallest absolute Gasteiger partial charge is 0.0767 e. The van der Waals surface area contributed by atoms with Crippen molar-refractivity contribution in [2.75, 3.05) is 26.7 Å². The number of nitrogens with zero attached hydrogens (tertiary/aromatic N) is 3. The third kappa shape index (κ3) is 3.13. The quantitative estimate of drug-likeness (QED) is 0.899. The van der Waals surface area contributed by atoms with E-state index in [-0.39, 0.29) is 0 Å². The van der Waals surface area contributed by atoms with Gasteiger partial charge in [-0.2, -0.15) is 5.10 Å². The number of hydrogen-bond donors (Lipinski definition) is 1. The summed E-state index contributed by atoms with van der Waals surface area (Å²) in [7, 11) is 4.22. The summed E-state index contributed by atoms with van der Waals surface area (Å²) in [5, 5.41) is 8.08. The predicted molar refractivity (Wildman–Crippen MR) is 77.6 cm³/mol. The van der Waals surface area contributed by atoms with E-state index in [4.69, 9.17) is 0 Å². The molecule has 0 spiro atoms. The molecule has 102 valence electrons. The maximum Gasteiger partial charge on any atom is 0.0767 e. The number of hydrogen-bond acceptors (Lipinski definition) is 3. The average Bonchev–Trinajstić information content (AvgIpc) is 2.86. The first kappa shape index (κ1) is 14.0. The molecule has 18 heavy (non-hydrogen) atoms. The molecule has 0 aliphatic carbocycles. The lowest BCUT2D eigenvalue weighted by atomic mass is 10.1. The molecular weight excluding hydrogens is 292 g/mol. The fraction of sp³-hybridized carbons (Fsp3) is 0.769. The van der Waals surface area contributed by atoms with Gasteiger partial charge in [-0.3, -0.25) is 4.68 Å². The number of likely N-dealkylation sites (tertiary alicyclic amines) is 1. The molecule has 2 rings (SSSR count). The molecular formula is C13H23BrN4. The lowest BCUT2D eigenvalue weighted by Crippen LogP contribution is -2.25. The van der Waals surface area contributed by atoms with Gasteiger partial charge in [0, 0.05) is 20.1 Å². The van der Waals surface area contributed by atoms with Crippen LogP contribution in [0.25, 0.3) is 0 Å². The predicted octanol–water partition coefficient (Wildman–Crippen LogP) is 1.79. The Morgan fingerprint density at radius 2 is 2.22 bits per heavy atom. The van der Waals surface area contributed by atoms with E-state index in [1.54, 1.807) is 0 Å². The summed E-state index contributed by atoms with van der Waals surface area (Å²) < 4.78 is 3.15. The molecule has 1 N–H and O–H groups in total. The molecule has 1 fully saturated rings. The van der Waals surface area contributed by atoms with Gasteiger partial charge in [0.1, 0.15) is 0 Å². The van der Waals surface area contributed by atoms with Gasteiger partial charge in [-0.1, -0.05) is 6.92 Å². The third-order valence-electron chi connectivity index (χ3n) is 3.72. The average molecular weight is 315 g/mol. The van der Waals surface area contributed by atoms with Crippen molar-refractivity contribution in [3.8, 4) is 0 Å². The maximum atomic E-state index is 4.51. The first-order valence-electron chi connectivity index (χ1n) is 6.71. The Balaban J connectivity index is 1.85. The molecule has 5 heteroatoms. The fourth-order valence-electron chi connectivity index (χ4n) is 2.60. The minimum Gasteiger partial charge on any atom is -0.311 e. The van der Waals surface area contributed by atoms with Crippen molar-refractivity contribution in [1.82, 2.24) is 20.0 Å². The maximum absolute atomic E-state index is 4.51. The fourth-order valence-corrected chi connectivity index (χ4v) is 3.36. The highest BCUT2D eigenvalue weighted by molar-refractivity contribution is 9.10. The van der Waals surface area contributed by atoms with Crippen LogP contribution in [-0.2, 0) is 20.0 Å². The molecule has 0 saturated carbocycles. The standard InChI is InChI=1S/C13H23BrN4/c1-4-11-13(14)12(18(3)16-11)8-15-7-10-5-6-17(2)9-10/h10,15H,4-9H2,1-3H3. The summed E-state index contributed by atoms with van der Waals surface area (Å²) in [6.07, 6.45) is 2.29. The van der Waals surface area contributed by atoms with Crippen molar-refractivity contribution >= 4 is 15.9 Å². The molecule has 1 aromatic rings. The zero-order chi connectivity index (χ0) is 13.1. The van der Waals surface area contributed by atoms with E-state index < -0.39 is 0 Å². The Kier molecular flexibility index (Phi) is 4.81. The van der Waals surface area contributed by atoms with Crippen LogP contribution in [0.3, 0.4) is 0 Å². The molecule has 4 nitrogen and oxygen atoms in total. The Hall–Kier alpha value is -0.390. The van der Waals surface area contributed by atoms with Crippen LogP contribution in [0, 0.1) is 5.92 Å². The van der Waals surface area contributed by atoms with E-state index in [0.29, 0.717) is 0 Å². The Morgan fingerprint density at radius 3 is 2.78 bits per heavy atom. The van der Waals surface area contributed by atoms with Crippen molar-refractivity contribution < 1.29 is 0 Å². The lowest BCUT2D eigenvalue weighted by molar-refractivity contribution is 0.387. The van der Waals surface area contributed by atoms with Crippen molar-refractivity contribution in [3.63, 3.8) is 0 Å². The molecule has 2 heterocycles. The third-order valence-corrected chi connectivity index (χ3v) is 4.63. The van der Waals surface area contributed by atoms with Crippen LogP contribution in [0.4, 0.5) is 0 Å². The van der Waals surface area contributed by atoms with E-state index in [9.17, 15) is 0 Å². The Bertz CT molecular complexity index is 402. The van der Waals surface area contributed by atoms with Gasteiger partial charge in [-0.15, -0.1) is 0 Å². The first-order chi connectivity index (χ1) is 8.61. The van der Waals surface area contributed by atoms with E-state index in [0.717, 1.165) is 31.1 Å². The van der Waals surface area contributed by atoms with E-state index in [1.165, 1.54) is 29.7 Å². The normalized spacial score (nSPS) is 20.8. The number of halogens is 1. The zero-order valence-corrected chi connectivity index (χ0v) is 13.1. The topological polar surface area (TPSA) is 33.1 Å². The summed E-state index contributed by atoms with van der Waals surface area (Å²) in [4.78, 5) is 2.40. The first-order valence-corrected chi connectivity index (χ1v) is 7.50. The number of rotatable bonds is 5. The molecule has 0 amide bonds. The van der Waals surface area contributed by atoms with Crippen LogP contribution < -0.4 is 5.32 Å². The van der Waals surface area contributed by atoms with E-state index in [1.807, 2.05) is 11.7 Å². The summed E-state index contributed by atoms with van der Waals surface area (Å²) in [6, 6.07) is 0. The largest absolute Gasteiger partial charge is 0.311 e. The summed E-state index contributed by atoms with van der Waals surface area (Å²) >= 11 is 3.65.